The lowest BCUT2D eigenvalue weighted by molar-refractivity contribution is 0.664. The van der Waals surface area contributed by atoms with Gasteiger partial charge in [0.05, 0.1) is 5.69 Å². The van der Waals surface area contributed by atoms with Crippen molar-refractivity contribution in [1.29, 1.82) is 0 Å². The number of nitrogens with two attached hydrogens (primary N) is 1. The highest BCUT2D eigenvalue weighted by Gasteiger charge is 2.25. The third-order valence-electron chi connectivity index (χ3n) is 5.56. The molecule has 0 saturated heterocycles. The van der Waals surface area contributed by atoms with Crippen molar-refractivity contribution in [2.75, 3.05) is 10.6 Å². The molecule has 0 aliphatic carbocycles. The molecule has 0 aliphatic rings. The fraction of sp³-hybridized carbons (Fsp3) is 0.160. The van der Waals surface area contributed by atoms with Crippen LogP contribution in [0.3, 0.4) is 0 Å². The van der Waals surface area contributed by atoms with Crippen molar-refractivity contribution in [2.45, 2.75) is 26.3 Å². The van der Waals surface area contributed by atoms with E-state index in [4.69, 9.17) is 10.7 Å². The van der Waals surface area contributed by atoms with E-state index in [1.165, 1.54) is 11.9 Å². The van der Waals surface area contributed by atoms with Gasteiger partial charge in [0, 0.05) is 29.4 Å². The number of fused-ring (bicyclic) bond motifs is 1. The quantitative estimate of drug-likeness (QED) is 0.425. The van der Waals surface area contributed by atoms with E-state index >= 15 is 0 Å². The number of hydrogen-bond donors (Lipinski definition) is 1. The van der Waals surface area contributed by atoms with Crippen molar-refractivity contribution in [3.63, 3.8) is 0 Å². The van der Waals surface area contributed by atoms with Crippen LogP contribution in [-0.2, 0) is 6.42 Å². The van der Waals surface area contributed by atoms with Gasteiger partial charge in [0.15, 0.2) is 5.65 Å². The van der Waals surface area contributed by atoms with Gasteiger partial charge in [-0.15, -0.1) is 0 Å². The van der Waals surface area contributed by atoms with Gasteiger partial charge in [0.25, 0.3) is 0 Å². The second-order valence-corrected chi connectivity index (χ2v) is 7.98. The number of anilines is 3. The smallest absolute Gasteiger partial charge is 0.236 e. The molecule has 8 nitrogen and oxygen atoms in total. The Balaban J connectivity index is 1.69. The molecule has 0 fully saturated rings. The van der Waals surface area contributed by atoms with Gasteiger partial charge in [-0.2, -0.15) is 14.6 Å². The second-order valence-electron chi connectivity index (χ2n) is 7.98. The molecule has 0 aliphatic heterocycles. The van der Waals surface area contributed by atoms with Crippen LogP contribution in [-0.4, -0.2) is 35.6 Å². The number of nitrogen functional groups attached to an aromatic ring is 1. The summed E-state index contributed by atoms with van der Waals surface area (Å²) in [6.07, 6.45) is 4.02. The number of aryl methyl sites for hydroxylation is 1. The molecule has 8 heteroatoms. The fourth-order valence-corrected chi connectivity index (χ4v) is 3.82. The molecular formula is C25H24N8. The Morgan fingerprint density at radius 3 is 2.42 bits per heavy atom. The van der Waals surface area contributed by atoms with Gasteiger partial charge in [-0.3, -0.25) is 4.90 Å². The van der Waals surface area contributed by atoms with Crippen LogP contribution in [0, 0.1) is 6.92 Å². The molecule has 2 N–H and O–H groups in total. The van der Waals surface area contributed by atoms with Crippen LogP contribution in [0.1, 0.15) is 18.1 Å². The zero-order valence-electron chi connectivity index (χ0n) is 18.5. The molecule has 0 radical (unpaired) electrons. The van der Waals surface area contributed by atoms with Crippen molar-refractivity contribution in [3.05, 3.63) is 90.4 Å². The second kappa shape index (κ2) is 8.66. The van der Waals surface area contributed by atoms with Gasteiger partial charge in [0.1, 0.15) is 12.1 Å². The summed E-state index contributed by atoms with van der Waals surface area (Å²) in [7, 11) is 0. The molecule has 5 aromatic rings. The number of hydrogen-bond acceptors (Lipinski definition) is 7. The molecule has 0 bridgehead atoms. The predicted octanol–water partition coefficient (Wildman–Crippen LogP) is 4.24. The first-order valence-corrected chi connectivity index (χ1v) is 10.8. The van der Waals surface area contributed by atoms with Gasteiger partial charge in [0.2, 0.25) is 11.9 Å². The van der Waals surface area contributed by atoms with E-state index in [2.05, 4.69) is 39.1 Å². The summed E-state index contributed by atoms with van der Waals surface area (Å²) in [5, 5.41) is 4.44. The fourth-order valence-electron chi connectivity index (χ4n) is 3.82. The van der Waals surface area contributed by atoms with Crippen molar-refractivity contribution in [3.8, 4) is 11.3 Å². The van der Waals surface area contributed by atoms with Gasteiger partial charge >= 0.3 is 0 Å². The summed E-state index contributed by atoms with van der Waals surface area (Å²) < 4.78 is 1.72. The first kappa shape index (κ1) is 20.6. The van der Waals surface area contributed by atoms with Gasteiger partial charge < -0.3 is 5.73 Å². The minimum Gasteiger partial charge on any atom is -0.383 e. The number of aromatic nitrogens is 6. The van der Waals surface area contributed by atoms with Crippen molar-refractivity contribution < 1.29 is 0 Å². The summed E-state index contributed by atoms with van der Waals surface area (Å²) in [4.78, 5) is 20.6. The van der Waals surface area contributed by atoms with E-state index in [0.717, 1.165) is 23.2 Å². The summed E-state index contributed by atoms with van der Waals surface area (Å²) in [6.45, 7) is 4.01. The third-order valence-corrected chi connectivity index (χ3v) is 5.56. The van der Waals surface area contributed by atoms with Crippen LogP contribution < -0.4 is 10.6 Å². The van der Waals surface area contributed by atoms with Crippen LogP contribution in [0.4, 0.5) is 17.7 Å². The highest BCUT2D eigenvalue weighted by atomic mass is 15.4. The van der Waals surface area contributed by atoms with Crippen LogP contribution in [0.2, 0.25) is 0 Å². The average Bonchev–Trinajstić information content (AvgIpc) is 3.32. The average molecular weight is 437 g/mol. The number of rotatable bonds is 6. The van der Waals surface area contributed by atoms with Crippen molar-refractivity contribution >= 4 is 23.4 Å². The highest BCUT2D eigenvalue weighted by molar-refractivity contribution is 5.67. The first-order chi connectivity index (χ1) is 16.1. The van der Waals surface area contributed by atoms with E-state index in [1.807, 2.05) is 66.4 Å². The predicted molar refractivity (Wildman–Crippen MR) is 129 cm³/mol. The Hall–Kier alpha value is -4.33. The normalized spacial score (nSPS) is 12.1. The maximum Gasteiger partial charge on any atom is 0.236 e. The summed E-state index contributed by atoms with van der Waals surface area (Å²) >= 11 is 0. The zero-order chi connectivity index (χ0) is 22.8. The number of benzene rings is 2. The van der Waals surface area contributed by atoms with E-state index in [0.29, 0.717) is 23.4 Å². The number of nitrogens with zero attached hydrogens (tertiary/aromatic N) is 7. The Morgan fingerprint density at radius 2 is 1.70 bits per heavy atom. The van der Waals surface area contributed by atoms with E-state index in [1.54, 1.807) is 10.7 Å². The zero-order valence-corrected chi connectivity index (χ0v) is 18.5. The molecule has 33 heavy (non-hydrogen) atoms. The van der Waals surface area contributed by atoms with Crippen LogP contribution in [0.5, 0.6) is 0 Å². The van der Waals surface area contributed by atoms with E-state index in [-0.39, 0.29) is 6.04 Å². The maximum absolute atomic E-state index is 6.17. The lowest BCUT2D eigenvalue weighted by Gasteiger charge is -2.29. The highest BCUT2D eigenvalue weighted by Crippen LogP contribution is 2.29. The Kier molecular flexibility index (Phi) is 5.40. The van der Waals surface area contributed by atoms with Gasteiger partial charge in [-0.1, -0.05) is 60.7 Å². The molecule has 3 heterocycles. The standard InChI is InChI=1S/C25H24N8/c1-17-15-27-24(31-23(17)26)32(18(2)13-19-9-5-3-6-10-19)25-30-21(20-11-7-4-8-12-20)14-22-28-16-29-33(22)25/h3-12,14-16,18H,13H2,1-2H3,(H2,26,27,31)/t18-/m0/s1. The Labute approximate surface area is 191 Å². The molecule has 2 aromatic carbocycles. The lowest BCUT2D eigenvalue weighted by atomic mass is 10.1. The van der Waals surface area contributed by atoms with Gasteiger partial charge in [-0.25, -0.2) is 15.0 Å². The molecule has 164 valence electrons. The molecular weight excluding hydrogens is 412 g/mol. The SMILES string of the molecule is Cc1cnc(N(c2nc(-c3ccccc3)cc3ncnn23)[C@@H](C)Cc2ccccc2)nc1N. The molecule has 1 atom stereocenters. The van der Waals surface area contributed by atoms with Crippen molar-refractivity contribution in [1.82, 2.24) is 29.5 Å². The molecule has 5 rings (SSSR count). The molecule has 3 aromatic heterocycles. The Bertz CT molecular complexity index is 1380. The molecule has 0 amide bonds. The lowest BCUT2D eigenvalue weighted by Crippen LogP contribution is -2.34. The van der Waals surface area contributed by atoms with Crippen molar-refractivity contribution in [2.24, 2.45) is 0 Å². The molecule has 0 spiro atoms. The Morgan fingerprint density at radius 1 is 0.970 bits per heavy atom. The minimum atomic E-state index is -0.0413. The third kappa shape index (κ3) is 4.10. The summed E-state index contributed by atoms with van der Waals surface area (Å²) in [5.41, 5.74) is 10.7. The summed E-state index contributed by atoms with van der Waals surface area (Å²) in [6, 6.07) is 22.2. The van der Waals surface area contributed by atoms with Crippen LogP contribution in [0.25, 0.3) is 16.9 Å². The molecule has 0 saturated carbocycles. The topological polar surface area (TPSA) is 98.1 Å². The molecule has 0 unspecified atom stereocenters. The van der Waals surface area contributed by atoms with Crippen LogP contribution in [0.15, 0.2) is 79.3 Å². The van der Waals surface area contributed by atoms with Crippen LogP contribution >= 0.6 is 0 Å². The van der Waals surface area contributed by atoms with E-state index in [9.17, 15) is 0 Å². The van der Waals surface area contributed by atoms with E-state index < -0.39 is 0 Å². The summed E-state index contributed by atoms with van der Waals surface area (Å²) in [5.74, 6) is 1.48. The first-order valence-electron chi connectivity index (χ1n) is 10.8. The largest absolute Gasteiger partial charge is 0.383 e. The monoisotopic (exact) mass is 436 g/mol. The maximum atomic E-state index is 6.17. The van der Waals surface area contributed by atoms with Gasteiger partial charge in [-0.05, 0) is 25.8 Å². The minimum absolute atomic E-state index is 0.0413.